The highest BCUT2D eigenvalue weighted by atomic mass is 32.2. The Morgan fingerprint density at radius 1 is 0.739 bits per heavy atom. The number of fused-ring (bicyclic) bond motifs is 1. The standard InChI is InChI=1S/C21H17NS/c1-3-9-16(10-4-1)19-15-21(17-11-5-2-6-12-17)23-20-14-8-7-13-18(20)22-19/h1-14,21H,15H2. The molecule has 1 atom stereocenters. The van der Waals surface area contributed by atoms with Crippen LogP contribution in [-0.2, 0) is 0 Å². The summed E-state index contributed by atoms with van der Waals surface area (Å²) in [5.74, 6) is 0. The first-order valence-corrected chi connectivity index (χ1v) is 8.72. The molecule has 0 fully saturated rings. The van der Waals surface area contributed by atoms with E-state index in [4.69, 9.17) is 4.99 Å². The topological polar surface area (TPSA) is 12.4 Å². The summed E-state index contributed by atoms with van der Waals surface area (Å²) in [6.07, 6.45) is 0.938. The SMILES string of the molecule is c1ccc(C2=Nc3ccccc3SC(c3ccccc3)C2)cc1. The highest BCUT2D eigenvalue weighted by Gasteiger charge is 2.22. The maximum atomic E-state index is 4.98. The van der Waals surface area contributed by atoms with E-state index in [-0.39, 0.29) is 0 Å². The quantitative estimate of drug-likeness (QED) is 0.561. The monoisotopic (exact) mass is 315 g/mol. The first kappa shape index (κ1) is 14.3. The smallest absolute Gasteiger partial charge is 0.0769 e. The lowest BCUT2D eigenvalue weighted by atomic mass is 10.0. The molecular formula is C21H17NS. The number of aliphatic imine (C=N–C) groups is 1. The second-order valence-electron chi connectivity index (χ2n) is 5.61. The molecule has 0 aromatic heterocycles. The van der Waals surface area contributed by atoms with Crippen molar-refractivity contribution in [2.24, 2.45) is 4.99 Å². The largest absolute Gasteiger partial charge is 0.252 e. The molecule has 1 aliphatic heterocycles. The minimum atomic E-state index is 0.388. The van der Waals surface area contributed by atoms with Gasteiger partial charge in [-0.25, -0.2) is 0 Å². The molecule has 3 aromatic carbocycles. The molecule has 3 aromatic rings. The first-order chi connectivity index (χ1) is 11.4. The van der Waals surface area contributed by atoms with Crippen LogP contribution in [0.15, 0.2) is 94.8 Å². The third kappa shape index (κ3) is 3.08. The number of benzene rings is 3. The van der Waals surface area contributed by atoms with E-state index in [1.807, 2.05) is 11.8 Å². The molecule has 4 rings (SSSR count). The molecule has 0 bridgehead atoms. The van der Waals surface area contributed by atoms with Crippen LogP contribution in [0.5, 0.6) is 0 Å². The van der Waals surface area contributed by atoms with Crippen LogP contribution in [-0.4, -0.2) is 5.71 Å². The zero-order chi connectivity index (χ0) is 15.5. The van der Waals surface area contributed by atoms with Crippen molar-refractivity contribution >= 4 is 23.2 Å². The Morgan fingerprint density at radius 3 is 2.17 bits per heavy atom. The average molecular weight is 315 g/mol. The predicted molar refractivity (Wildman–Crippen MR) is 98.7 cm³/mol. The summed E-state index contributed by atoms with van der Waals surface area (Å²) in [6, 6.07) is 29.7. The van der Waals surface area contributed by atoms with Gasteiger partial charge in [0.15, 0.2) is 0 Å². The number of rotatable bonds is 2. The second-order valence-corrected chi connectivity index (χ2v) is 6.86. The van der Waals surface area contributed by atoms with Gasteiger partial charge < -0.3 is 0 Å². The first-order valence-electron chi connectivity index (χ1n) is 7.84. The molecule has 2 heteroatoms. The summed E-state index contributed by atoms with van der Waals surface area (Å²) in [5.41, 5.74) is 4.82. The number of nitrogens with zero attached hydrogens (tertiary/aromatic N) is 1. The van der Waals surface area contributed by atoms with E-state index in [9.17, 15) is 0 Å². The zero-order valence-corrected chi connectivity index (χ0v) is 13.5. The number of hydrogen-bond donors (Lipinski definition) is 0. The van der Waals surface area contributed by atoms with E-state index in [2.05, 4.69) is 84.9 Å². The lowest BCUT2D eigenvalue weighted by Gasteiger charge is -2.16. The molecule has 0 N–H and O–H groups in total. The van der Waals surface area contributed by atoms with E-state index in [0.717, 1.165) is 17.8 Å². The molecule has 0 radical (unpaired) electrons. The molecule has 1 nitrogen and oxygen atoms in total. The fourth-order valence-electron chi connectivity index (χ4n) is 2.88. The van der Waals surface area contributed by atoms with Crippen LogP contribution in [0, 0.1) is 0 Å². The van der Waals surface area contributed by atoms with Crippen molar-refractivity contribution in [3.8, 4) is 0 Å². The summed E-state index contributed by atoms with van der Waals surface area (Å²) in [5, 5.41) is 0.388. The van der Waals surface area contributed by atoms with E-state index < -0.39 is 0 Å². The summed E-state index contributed by atoms with van der Waals surface area (Å²) in [7, 11) is 0. The molecule has 23 heavy (non-hydrogen) atoms. The fourth-order valence-corrected chi connectivity index (χ4v) is 4.11. The van der Waals surface area contributed by atoms with Crippen molar-refractivity contribution < 1.29 is 0 Å². The third-order valence-corrected chi connectivity index (χ3v) is 5.37. The molecule has 0 amide bonds. The molecular weight excluding hydrogens is 298 g/mol. The molecule has 0 saturated carbocycles. The highest BCUT2D eigenvalue weighted by molar-refractivity contribution is 7.99. The average Bonchev–Trinajstić information content (AvgIpc) is 2.83. The van der Waals surface area contributed by atoms with Crippen LogP contribution in [0.2, 0.25) is 0 Å². The zero-order valence-electron chi connectivity index (χ0n) is 12.7. The van der Waals surface area contributed by atoms with Crippen LogP contribution in [0.4, 0.5) is 5.69 Å². The Hall–Kier alpha value is -2.32. The lowest BCUT2D eigenvalue weighted by molar-refractivity contribution is 1.01. The van der Waals surface area contributed by atoms with Gasteiger partial charge in [-0.05, 0) is 23.3 Å². The van der Waals surface area contributed by atoms with Gasteiger partial charge >= 0.3 is 0 Å². The summed E-state index contributed by atoms with van der Waals surface area (Å²) in [6.45, 7) is 0. The lowest BCUT2D eigenvalue weighted by Crippen LogP contribution is -2.05. The third-order valence-electron chi connectivity index (χ3n) is 4.05. The van der Waals surface area contributed by atoms with Crippen molar-refractivity contribution in [3.63, 3.8) is 0 Å². The Balaban J connectivity index is 1.81. The Bertz CT molecular complexity index is 825. The van der Waals surface area contributed by atoms with Crippen molar-refractivity contribution in [3.05, 3.63) is 96.1 Å². The van der Waals surface area contributed by atoms with Gasteiger partial charge in [0.1, 0.15) is 0 Å². The van der Waals surface area contributed by atoms with Crippen LogP contribution in [0.3, 0.4) is 0 Å². The van der Waals surface area contributed by atoms with Gasteiger partial charge in [0, 0.05) is 22.3 Å². The van der Waals surface area contributed by atoms with E-state index in [1.165, 1.54) is 16.0 Å². The molecule has 1 heterocycles. The fraction of sp³-hybridized carbons (Fsp3) is 0.0952. The predicted octanol–water partition coefficient (Wildman–Crippen LogP) is 6.04. The van der Waals surface area contributed by atoms with Crippen LogP contribution in [0.1, 0.15) is 22.8 Å². The molecule has 0 aliphatic carbocycles. The van der Waals surface area contributed by atoms with Crippen molar-refractivity contribution in [1.82, 2.24) is 0 Å². The minimum Gasteiger partial charge on any atom is -0.252 e. The van der Waals surface area contributed by atoms with Crippen molar-refractivity contribution in [2.45, 2.75) is 16.6 Å². The van der Waals surface area contributed by atoms with Crippen LogP contribution >= 0.6 is 11.8 Å². The van der Waals surface area contributed by atoms with Crippen LogP contribution < -0.4 is 0 Å². The summed E-state index contributed by atoms with van der Waals surface area (Å²) >= 11 is 1.91. The molecule has 0 saturated heterocycles. The van der Waals surface area contributed by atoms with Gasteiger partial charge in [-0.15, -0.1) is 11.8 Å². The van der Waals surface area contributed by atoms with E-state index in [0.29, 0.717) is 5.25 Å². The Labute approximate surface area is 141 Å². The maximum absolute atomic E-state index is 4.98. The van der Waals surface area contributed by atoms with Gasteiger partial charge in [0.05, 0.1) is 5.69 Å². The number of hydrogen-bond acceptors (Lipinski definition) is 2. The second kappa shape index (κ2) is 6.43. The van der Waals surface area contributed by atoms with Crippen molar-refractivity contribution in [2.75, 3.05) is 0 Å². The minimum absolute atomic E-state index is 0.388. The Morgan fingerprint density at radius 2 is 1.39 bits per heavy atom. The maximum Gasteiger partial charge on any atom is 0.0769 e. The summed E-state index contributed by atoms with van der Waals surface area (Å²) in [4.78, 5) is 6.24. The molecule has 1 unspecified atom stereocenters. The summed E-state index contributed by atoms with van der Waals surface area (Å²) < 4.78 is 0. The van der Waals surface area contributed by atoms with Crippen molar-refractivity contribution in [1.29, 1.82) is 0 Å². The van der Waals surface area contributed by atoms with Gasteiger partial charge in [0.2, 0.25) is 0 Å². The van der Waals surface area contributed by atoms with Gasteiger partial charge in [-0.2, -0.15) is 0 Å². The number of thioether (sulfide) groups is 1. The molecule has 1 aliphatic rings. The highest BCUT2D eigenvalue weighted by Crippen LogP contribution is 2.45. The van der Waals surface area contributed by atoms with E-state index >= 15 is 0 Å². The van der Waals surface area contributed by atoms with Gasteiger partial charge in [0.25, 0.3) is 0 Å². The van der Waals surface area contributed by atoms with Crippen LogP contribution in [0.25, 0.3) is 0 Å². The normalized spacial score (nSPS) is 17.0. The van der Waals surface area contributed by atoms with E-state index in [1.54, 1.807) is 0 Å². The molecule has 112 valence electrons. The molecule has 0 spiro atoms. The number of para-hydroxylation sites is 1. The van der Waals surface area contributed by atoms with Gasteiger partial charge in [-0.3, -0.25) is 4.99 Å². The van der Waals surface area contributed by atoms with Gasteiger partial charge in [-0.1, -0.05) is 72.8 Å². The Kier molecular flexibility index (Phi) is 3.99.